The third-order valence-electron chi connectivity index (χ3n) is 4.56. The second-order valence-corrected chi connectivity index (χ2v) is 6.18. The van der Waals surface area contributed by atoms with Crippen LogP contribution in [-0.2, 0) is 5.41 Å². The summed E-state index contributed by atoms with van der Waals surface area (Å²) in [7, 11) is 0. The Balaban J connectivity index is 3.08. The van der Waals surface area contributed by atoms with Crippen LogP contribution in [0.25, 0.3) is 0 Å². The summed E-state index contributed by atoms with van der Waals surface area (Å²) in [6.07, 6.45) is 11.6. The van der Waals surface area contributed by atoms with Crippen LogP contribution < -0.4 is 5.73 Å². The highest BCUT2D eigenvalue weighted by molar-refractivity contribution is 5.50. The van der Waals surface area contributed by atoms with E-state index in [-0.39, 0.29) is 0 Å². The Hall–Kier alpha value is -0.980. The molecule has 0 spiro atoms. The standard InChI is InChI=1S/C19H33N/c1-4-7-14-19(15-8-5-2,16-9-6-3)17-12-10-11-13-18(17)20/h10-13H,4-9,14-16,20H2,1-3H3. The Morgan fingerprint density at radius 3 is 1.65 bits per heavy atom. The van der Waals surface area contributed by atoms with Crippen LogP contribution >= 0.6 is 0 Å². The first-order chi connectivity index (χ1) is 9.70. The highest BCUT2D eigenvalue weighted by Gasteiger charge is 2.31. The fourth-order valence-electron chi connectivity index (χ4n) is 3.30. The summed E-state index contributed by atoms with van der Waals surface area (Å²) in [6, 6.07) is 8.57. The van der Waals surface area contributed by atoms with Crippen molar-refractivity contribution in [2.24, 2.45) is 0 Å². The van der Waals surface area contributed by atoms with Crippen molar-refractivity contribution in [1.82, 2.24) is 0 Å². The predicted octanol–water partition coefficient (Wildman–Crippen LogP) is 6.08. The maximum absolute atomic E-state index is 6.32. The Labute approximate surface area is 126 Å². The first-order valence-electron chi connectivity index (χ1n) is 8.55. The van der Waals surface area contributed by atoms with Gasteiger partial charge in [0, 0.05) is 5.69 Å². The van der Waals surface area contributed by atoms with E-state index in [1.165, 1.54) is 63.4 Å². The zero-order valence-corrected chi connectivity index (χ0v) is 13.8. The summed E-state index contributed by atoms with van der Waals surface area (Å²) in [5.41, 5.74) is 9.04. The van der Waals surface area contributed by atoms with Gasteiger partial charge in [-0.2, -0.15) is 0 Å². The highest BCUT2D eigenvalue weighted by Crippen LogP contribution is 2.42. The molecule has 0 aliphatic rings. The van der Waals surface area contributed by atoms with E-state index >= 15 is 0 Å². The molecule has 0 aromatic heterocycles. The van der Waals surface area contributed by atoms with Crippen molar-refractivity contribution in [2.75, 3.05) is 5.73 Å². The minimum atomic E-state index is 0.313. The van der Waals surface area contributed by atoms with E-state index in [1.54, 1.807) is 0 Å². The second-order valence-electron chi connectivity index (χ2n) is 6.18. The van der Waals surface area contributed by atoms with Crippen molar-refractivity contribution >= 4 is 5.69 Å². The molecule has 1 rings (SSSR count). The molecule has 0 heterocycles. The first-order valence-corrected chi connectivity index (χ1v) is 8.55. The lowest BCUT2D eigenvalue weighted by Crippen LogP contribution is -2.27. The molecular weight excluding hydrogens is 242 g/mol. The number of nitrogens with two attached hydrogens (primary N) is 1. The summed E-state index contributed by atoms with van der Waals surface area (Å²) in [5, 5.41) is 0. The zero-order valence-electron chi connectivity index (χ0n) is 13.8. The third kappa shape index (κ3) is 4.54. The smallest absolute Gasteiger partial charge is 0.0352 e. The van der Waals surface area contributed by atoms with Gasteiger partial charge in [0.1, 0.15) is 0 Å². The van der Waals surface area contributed by atoms with Crippen molar-refractivity contribution in [1.29, 1.82) is 0 Å². The average molecular weight is 275 g/mol. The molecule has 20 heavy (non-hydrogen) atoms. The van der Waals surface area contributed by atoms with Crippen molar-refractivity contribution in [3.63, 3.8) is 0 Å². The van der Waals surface area contributed by atoms with Crippen LogP contribution in [0.1, 0.15) is 84.1 Å². The second kappa shape index (κ2) is 9.05. The molecule has 2 N–H and O–H groups in total. The maximum Gasteiger partial charge on any atom is 0.0352 e. The van der Waals surface area contributed by atoms with E-state index in [0.29, 0.717) is 5.41 Å². The molecule has 1 aromatic carbocycles. The van der Waals surface area contributed by atoms with Gasteiger partial charge in [0.05, 0.1) is 0 Å². The van der Waals surface area contributed by atoms with Gasteiger partial charge in [-0.1, -0.05) is 77.5 Å². The normalized spacial score (nSPS) is 11.8. The molecule has 0 atom stereocenters. The van der Waals surface area contributed by atoms with Crippen molar-refractivity contribution in [3.8, 4) is 0 Å². The number of para-hydroxylation sites is 1. The summed E-state index contributed by atoms with van der Waals surface area (Å²) < 4.78 is 0. The monoisotopic (exact) mass is 275 g/mol. The molecule has 0 unspecified atom stereocenters. The number of hydrogen-bond acceptors (Lipinski definition) is 1. The van der Waals surface area contributed by atoms with E-state index in [4.69, 9.17) is 5.73 Å². The van der Waals surface area contributed by atoms with Gasteiger partial charge in [-0.05, 0) is 36.3 Å². The van der Waals surface area contributed by atoms with Crippen LogP contribution in [0.5, 0.6) is 0 Å². The molecule has 1 heteroatoms. The van der Waals surface area contributed by atoms with E-state index in [0.717, 1.165) is 5.69 Å². The Kier molecular flexibility index (Phi) is 7.72. The van der Waals surface area contributed by atoms with Crippen molar-refractivity contribution < 1.29 is 0 Å². The summed E-state index contributed by atoms with van der Waals surface area (Å²) in [4.78, 5) is 0. The highest BCUT2D eigenvalue weighted by atomic mass is 14.6. The van der Waals surface area contributed by atoms with Crippen LogP contribution in [0.15, 0.2) is 24.3 Å². The lowest BCUT2D eigenvalue weighted by atomic mass is 9.69. The number of rotatable bonds is 10. The van der Waals surface area contributed by atoms with E-state index in [9.17, 15) is 0 Å². The van der Waals surface area contributed by atoms with Crippen LogP contribution in [0.3, 0.4) is 0 Å². The van der Waals surface area contributed by atoms with Gasteiger partial charge < -0.3 is 5.73 Å². The van der Waals surface area contributed by atoms with E-state index in [1.807, 2.05) is 0 Å². The van der Waals surface area contributed by atoms with Gasteiger partial charge in [0.2, 0.25) is 0 Å². The lowest BCUT2D eigenvalue weighted by molar-refractivity contribution is 0.310. The fraction of sp³-hybridized carbons (Fsp3) is 0.684. The number of benzene rings is 1. The molecule has 0 fully saturated rings. The number of nitrogen functional groups attached to an aromatic ring is 1. The third-order valence-corrected chi connectivity index (χ3v) is 4.56. The fourth-order valence-corrected chi connectivity index (χ4v) is 3.30. The topological polar surface area (TPSA) is 26.0 Å². The van der Waals surface area contributed by atoms with Gasteiger partial charge in [-0.25, -0.2) is 0 Å². The molecule has 0 saturated heterocycles. The molecule has 0 bridgehead atoms. The molecule has 0 amide bonds. The molecule has 0 saturated carbocycles. The molecule has 1 nitrogen and oxygen atoms in total. The van der Waals surface area contributed by atoms with Gasteiger partial charge >= 0.3 is 0 Å². The predicted molar refractivity (Wildman–Crippen MR) is 91.1 cm³/mol. The van der Waals surface area contributed by atoms with Gasteiger partial charge in [-0.15, -0.1) is 0 Å². The number of unbranched alkanes of at least 4 members (excludes halogenated alkanes) is 3. The van der Waals surface area contributed by atoms with E-state index in [2.05, 4.69) is 45.0 Å². The molecule has 0 radical (unpaired) electrons. The largest absolute Gasteiger partial charge is 0.398 e. The minimum absolute atomic E-state index is 0.313. The quantitative estimate of drug-likeness (QED) is 0.515. The molecular formula is C19H33N. The summed E-state index contributed by atoms with van der Waals surface area (Å²) in [5.74, 6) is 0. The summed E-state index contributed by atoms with van der Waals surface area (Å²) in [6.45, 7) is 6.87. The van der Waals surface area contributed by atoms with Crippen molar-refractivity contribution in [2.45, 2.75) is 84.0 Å². The first kappa shape index (κ1) is 17.1. The van der Waals surface area contributed by atoms with Crippen LogP contribution in [0.4, 0.5) is 5.69 Å². The Morgan fingerprint density at radius 1 is 0.800 bits per heavy atom. The molecule has 1 aromatic rings. The van der Waals surface area contributed by atoms with Gasteiger partial charge in [0.15, 0.2) is 0 Å². The lowest BCUT2D eigenvalue weighted by Gasteiger charge is -2.36. The molecule has 114 valence electrons. The van der Waals surface area contributed by atoms with Crippen molar-refractivity contribution in [3.05, 3.63) is 29.8 Å². The Bertz CT molecular complexity index is 348. The number of anilines is 1. The Morgan fingerprint density at radius 2 is 1.25 bits per heavy atom. The summed E-state index contributed by atoms with van der Waals surface area (Å²) >= 11 is 0. The minimum Gasteiger partial charge on any atom is -0.398 e. The number of hydrogen-bond donors (Lipinski definition) is 1. The molecule has 0 aliphatic carbocycles. The maximum atomic E-state index is 6.32. The van der Waals surface area contributed by atoms with Crippen LogP contribution in [-0.4, -0.2) is 0 Å². The van der Waals surface area contributed by atoms with Gasteiger partial charge in [0.25, 0.3) is 0 Å². The van der Waals surface area contributed by atoms with E-state index < -0.39 is 0 Å². The molecule has 0 aliphatic heterocycles. The van der Waals surface area contributed by atoms with Gasteiger partial charge in [-0.3, -0.25) is 0 Å². The van der Waals surface area contributed by atoms with Crippen LogP contribution in [0, 0.1) is 0 Å². The van der Waals surface area contributed by atoms with Crippen LogP contribution in [0.2, 0.25) is 0 Å². The average Bonchev–Trinajstić information content (AvgIpc) is 2.48. The zero-order chi connectivity index (χ0) is 14.8. The SMILES string of the molecule is CCCCC(CCCC)(CCCC)c1ccccc1N.